The number of hydrogen-bond donors (Lipinski definition) is 1. The number of amides is 2. The Labute approximate surface area is 143 Å². The van der Waals surface area contributed by atoms with Crippen molar-refractivity contribution in [1.82, 2.24) is 10.2 Å². The number of rotatable bonds is 3. The van der Waals surface area contributed by atoms with E-state index in [-0.39, 0.29) is 11.9 Å². The molecule has 1 aliphatic heterocycles. The average molecular weight is 330 g/mol. The summed E-state index contributed by atoms with van der Waals surface area (Å²) in [6, 6.07) is 8.86. The Morgan fingerprint density at radius 3 is 2.38 bits per heavy atom. The maximum Gasteiger partial charge on any atom is 0.415 e. The van der Waals surface area contributed by atoms with Gasteiger partial charge in [0.2, 0.25) is 5.91 Å². The van der Waals surface area contributed by atoms with Crippen molar-refractivity contribution < 1.29 is 14.3 Å². The van der Waals surface area contributed by atoms with Gasteiger partial charge in [-0.15, -0.1) is 0 Å². The van der Waals surface area contributed by atoms with E-state index in [0.717, 1.165) is 19.3 Å². The monoisotopic (exact) mass is 330 g/mol. The molecule has 1 N–H and O–H groups in total. The van der Waals surface area contributed by atoms with Crippen LogP contribution >= 0.6 is 0 Å². The Morgan fingerprint density at radius 2 is 1.67 bits per heavy atom. The lowest BCUT2D eigenvalue weighted by molar-refractivity contribution is -0.125. The summed E-state index contributed by atoms with van der Waals surface area (Å²) in [5.41, 5.74) is 0. The van der Waals surface area contributed by atoms with E-state index in [0.29, 0.717) is 18.7 Å². The Kier molecular flexibility index (Phi) is 5.72. The number of carbonyl (C=O) groups is 2. The molecule has 1 saturated heterocycles. The highest BCUT2D eigenvalue weighted by Crippen LogP contribution is 2.22. The molecule has 1 atom stereocenters. The van der Waals surface area contributed by atoms with Gasteiger partial charge in [0.25, 0.3) is 0 Å². The first-order valence-corrected chi connectivity index (χ1v) is 9.08. The number of likely N-dealkylation sites (tertiary alicyclic amines) is 1. The van der Waals surface area contributed by atoms with Crippen molar-refractivity contribution in [2.75, 3.05) is 6.54 Å². The molecule has 2 aliphatic rings. The normalized spacial score (nSPS) is 22.0. The molecule has 1 aromatic rings. The molecule has 0 radical (unpaired) electrons. The minimum absolute atomic E-state index is 0.0237. The molecule has 1 aromatic carbocycles. The van der Waals surface area contributed by atoms with Crippen LogP contribution in [0.3, 0.4) is 0 Å². The molecule has 130 valence electrons. The fourth-order valence-corrected chi connectivity index (χ4v) is 3.63. The van der Waals surface area contributed by atoms with Crippen molar-refractivity contribution in [3.05, 3.63) is 30.3 Å². The van der Waals surface area contributed by atoms with Crippen LogP contribution in [0.15, 0.2) is 30.3 Å². The summed E-state index contributed by atoms with van der Waals surface area (Å²) in [5, 5.41) is 3.16. The van der Waals surface area contributed by atoms with Crippen molar-refractivity contribution in [2.45, 2.75) is 63.5 Å². The molecular weight excluding hydrogens is 304 g/mol. The number of ether oxygens (including phenoxy) is 1. The SMILES string of the molecule is O=C(NC1CCCCCC1)[C@@H]1CCCN1C(=O)Oc1ccccc1. The number of hydrogen-bond acceptors (Lipinski definition) is 3. The van der Waals surface area contributed by atoms with Gasteiger partial charge in [-0.3, -0.25) is 9.69 Å². The zero-order valence-electron chi connectivity index (χ0n) is 14.1. The smallest absolute Gasteiger partial charge is 0.410 e. The van der Waals surface area contributed by atoms with Gasteiger partial charge >= 0.3 is 6.09 Å². The summed E-state index contributed by atoms with van der Waals surface area (Å²) in [6.07, 6.45) is 8.08. The van der Waals surface area contributed by atoms with Crippen molar-refractivity contribution >= 4 is 12.0 Å². The Morgan fingerprint density at radius 1 is 0.958 bits per heavy atom. The predicted molar refractivity (Wildman–Crippen MR) is 91.8 cm³/mol. The largest absolute Gasteiger partial charge is 0.415 e. The van der Waals surface area contributed by atoms with Gasteiger partial charge < -0.3 is 10.1 Å². The summed E-state index contributed by atoms with van der Waals surface area (Å²) in [6.45, 7) is 0.578. The molecule has 1 aliphatic carbocycles. The Balaban J connectivity index is 1.57. The molecule has 5 nitrogen and oxygen atoms in total. The summed E-state index contributed by atoms with van der Waals surface area (Å²) < 4.78 is 5.40. The standard InChI is InChI=1S/C19H26N2O3/c22-18(20-15-9-4-1-2-5-10-15)17-13-8-14-21(17)19(23)24-16-11-6-3-7-12-16/h3,6-7,11-12,15,17H,1-2,4-5,8-10,13-14H2,(H,20,22)/t17-/m0/s1. The lowest BCUT2D eigenvalue weighted by atomic mass is 10.1. The first kappa shape index (κ1) is 16.8. The van der Waals surface area contributed by atoms with Crippen molar-refractivity contribution in [3.8, 4) is 5.75 Å². The molecule has 2 amide bonds. The van der Waals surface area contributed by atoms with Crippen LogP contribution in [0.2, 0.25) is 0 Å². The highest BCUT2D eigenvalue weighted by atomic mass is 16.6. The van der Waals surface area contributed by atoms with E-state index in [1.807, 2.05) is 18.2 Å². The van der Waals surface area contributed by atoms with Crippen LogP contribution in [0.25, 0.3) is 0 Å². The molecule has 2 fully saturated rings. The van der Waals surface area contributed by atoms with Gasteiger partial charge in [-0.1, -0.05) is 43.9 Å². The number of benzene rings is 1. The summed E-state index contributed by atoms with van der Waals surface area (Å²) in [4.78, 5) is 26.6. The third-order valence-corrected chi connectivity index (χ3v) is 4.94. The first-order valence-electron chi connectivity index (χ1n) is 9.08. The number of nitrogens with one attached hydrogen (secondary N) is 1. The molecule has 24 heavy (non-hydrogen) atoms. The van der Waals surface area contributed by atoms with E-state index in [9.17, 15) is 9.59 Å². The maximum atomic E-state index is 12.6. The molecular formula is C19H26N2O3. The van der Waals surface area contributed by atoms with Crippen LogP contribution in [0.4, 0.5) is 4.79 Å². The van der Waals surface area contributed by atoms with E-state index >= 15 is 0 Å². The molecule has 0 spiro atoms. The second-order valence-corrected chi connectivity index (χ2v) is 6.73. The van der Waals surface area contributed by atoms with Gasteiger partial charge in [0.15, 0.2) is 0 Å². The van der Waals surface area contributed by atoms with E-state index in [1.165, 1.54) is 25.7 Å². The van der Waals surface area contributed by atoms with Crippen LogP contribution in [0.5, 0.6) is 5.75 Å². The second-order valence-electron chi connectivity index (χ2n) is 6.73. The molecule has 5 heteroatoms. The van der Waals surface area contributed by atoms with E-state index in [1.54, 1.807) is 17.0 Å². The van der Waals surface area contributed by atoms with E-state index in [4.69, 9.17) is 4.74 Å². The zero-order valence-corrected chi connectivity index (χ0v) is 14.1. The average Bonchev–Trinajstić information content (AvgIpc) is 2.95. The molecule has 0 unspecified atom stereocenters. The van der Waals surface area contributed by atoms with Crippen LogP contribution < -0.4 is 10.1 Å². The molecule has 1 saturated carbocycles. The third kappa shape index (κ3) is 4.28. The lowest BCUT2D eigenvalue weighted by Gasteiger charge is -2.25. The molecule has 3 rings (SSSR count). The minimum Gasteiger partial charge on any atom is -0.410 e. The van der Waals surface area contributed by atoms with Gasteiger partial charge in [0.05, 0.1) is 0 Å². The van der Waals surface area contributed by atoms with Crippen LogP contribution in [0.1, 0.15) is 51.4 Å². The highest BCUT2D eigenvalue weighted by molar-refractivity contribution is 5.86. The topological polar surface area (TPSA) is 58.6 Å². The fourth-order valence-electron chi connectivity index (χ4n) is 3.63. The van der Waals surface area contributed by atoms with Crippen LogP contribution in [0, 0.1) is 0 Å². The van der Waals surface area contributed by atoms with Gasteiger partial charge in [0.1, 0.15) is 11.8 Å². The van der Waals surface area contributed by atoms with E-state index < -0.39 is 12.1 Å². The summed E-state index contributed by atoms with van der Waals surface area (Å²) in [7, 11) is 0. The predicted octanol–water partition coefficient (Wildman–Crippen LogP) is 3.49. The van der Waals surface area contributed by atoms with Gasteiger partial charge in [0, 0.05) is 12.6 Å². The highest BCUT2D eigenvalue weighted by Gasteiger charge is 2.36. The second kappa shape index (κ2) is 8.18. The quantitative estimate of drug-likeness (QED) is 0.863. The van der Waals surface area contributed by atoms with Gasteiger partial charge in [-0.2, -0.15) is 0 Å². The summed E-state index contributed by atoms with van der Waals surface area (Å²) in [5.74, 6) is 0.488. The van der Waals surface area contributed by atoms with Gasteiger partial charge in [-0.25, -0.2) is 4.79 Å². The Bertz CT molecular complexity index is 553. The van der Waals surface area contributed by atoms with Crippen molar-refractivity contribution in [2.24, 2.45) is 0 Å². The molecule has 1 heterocycles. The number of nitrogens with zero attached hydrogens (tertiary/aromatic N) is 1. The lowest BCUT2D eigenvalue weighted by Crippen LogP contribution is -2.49. The maximum absolute atomic E-state index is 12.6. The Hall–Kier alpha value is -2.04. The first-order chi connectivity index (χ1) is 11.7. The molecule has 0 bridgehead atoms. The van der Waals surface area contributed by atoms with Crippen molar-refractivity contribution in [1.29, 1.82) is 0 Å². The minimum atomic E-state index is -0.431. The number of carbonyl (C=O) groups excluding carboxylic acids is 2. The van der Waals surface area contributed by atoms with Crippen LogP contribution in [-0.4, -0.2) is 35.5 Å². The fraction of sp³-hybridized carbons (Fsp3) is 0.579. The van der Waals surface area contributed by atoms with Crippen molar-refractivity contribution in [3.63, 3.8) is 0 Å². The zero-order chi connectivity index (χ0) is 16.8. The van der Waals surface area contributed by atoms with E-state index in [2.05, 4.69) is 5.32 Å². The third-order valence-electron chi connectivity index (χ3n) is 4.94. The molecule has 0 aromatic heterocycles. The summed E-state index contributed by atoms with van der Waals surface area (Å²) >= 11 is 0. The van der Waals surface area contributed by atoms with Gasteiger partial charge in [-0.05, 0) is 37.8 Å². The van der Waals surface area contributed by atoms with Crippen LogP contribution in [-0.2, 0) is 4.79 Å². The number of para-hydroxylation sites is 1.